The van der Waals surface area contributed by atoms with Crippen LogP contribution in [0.2, 0.25) is 0 Å². The average molecular weight is 300 g/mol. The van der Waals surface area contributed by atoms with Crippen LogP contribution < -0.4 is 5.73 Å². The molecule has 0 aliphatic carbocycles. The van der Waals surface area contributed by atoms with E-state index in [1.165, 1.54) is 6.07 Å². The van der Waals surface area contributed by atoms with E-state index in [0.717, 1.165) is 0 Å². The second-order valence-corrected chi connectivity index (χ2v) is 3.46. The van der Waals surface area contributed by atoms with Crippen LogP contribution in [0.4, 0.5) is 14.5 Å². The van der Waals surface area contributed by atoms with Crippen LogP contribution in [0.15, 0.2) is 6.07 Å². The largest absolute Gasteiger partial charge is 0.398 e. The highest BCUT2D eigenvalue weighted by atomic mass is 127. The highest BCUT2D eigenvalue weighted by molar-refractivity contribution is 14.1. The summed E-state index contributed by atoms with van der Waals surface area (Å²) in [7, 11) is 0. The standard InChI is InChI=1S/C7H7F2IN2O/c8-7(9)6-3(11)1-5(10)12-4(6)2-13/h1,7,13H,2H2,(H2,11,12). The summed E-state index contributed by atoms with van der Waals surface area (Å²) in [6.07, 6.45) is -2.70. The number of anilines is 1. The number of nitrogen functional groups attached to an aromatic ring is 1. The summed E-state index contributed by atoms with van der Waals surface area (Å²) >= 11 is 1.85. The smallest absolute Gasteiger partial charge is 0.267 e. The molecule has 1 heterocycles. The van der Waals surface area contributed by atoms with E-state index in [1.807, 2.05) is 22.6 Å². The van der Waals surface area contributed by atoms with Crippen LogP contribution in [0.1, 0.15) is 17.7 Å². The highest BCUT2D eigenvalue weighted by Gasteiger charge is 2.17. The number of pyridine rings is 1. The molecule has 0 atom stereocenters. The molecule has 0 unspecified atom stereocenters. The molecule has 0 amide bonds. The molecule has 0 saturated heterocycles. The number of aliphatic hydroxyl groups excluding tert-OH is 1. The van der Waals surface area contributed by atoms with Crippen molar-refractivity contribution in [3.8, 4) is 0 Å². The minimum absolute atomic E-state index is 0.0292. The third-order valence-electron chi connectivity index (χ3n) is 1.51. The molecule has 13 heavy (non-hydrogen) atoms. The topological polar surface area (TPSA) is 59.1 Å². The number of rotatable bonds is 2. The summed E-state index contributed by atoms with van der Waals surface area (Å²) in [6.45, 7) is -0.527. The molecule has 72 valence electrons. The van der Waals surface area contributed by atoms with Gasteiger partial charge in [0.2, 0.25) is 0 Å². The fraction of sp³-hybridized carbons (Fsp3) is 0.286. The van der Waals surface area contributed by atoms with E-state index >= 15 is 0 Å². The van der Waals surface area contributed by atoms with Gasteiger partial charge >= 0.3 is 0 Å². The molecular weight excluding hydrogens is 293 g/mol. The maximum atomic E-state index is 12.4. The van der Waals surface area contributed by atoms with Crippen molar-refractivity contribution in [1.82, 2.24) is 4.98 Å². The van der Waals surface area contributed by atoms with Crippen molar-refractivity contribution in [1.29, 1.82) is 0 Å². The molecule has 3 nitrogen and oxygen atoms in total. The molecule has 0 aliphatic rings. The van der Waals surface area contributed by atoms with E-state index in [-0.39, 0.29) is 16.9 Å². The lowest BCUT2D eigenvalue weighted by atomic mass is 10.1. The summed E-state index contributed by atoms with van der Waals surface area (Å²) in [5, 5.41) is 8.76. The molecule has 0 fully saturated rings. The highest BCUT2D eigenvalue weighted by Crippen LogP contribution is 2.28. The number of alkyl halides is 2. The van der Waals surface area contributed by atoms with E-state index in [1.54, 1.807) is 0 Å². The van der Waals surface area contributed by atoms with Gasteiger partial charge in [0, 0.05) is 5.69 Å². The van der Waals surface area contributed by atoms with Crippen molar-refractivity contribution in [3.05, 3.63) is 21.0 Å². The maximum absolute atomic E-state index is 12.4. The van der Waals surface area contributed by atoms with Gasteiger partial charge in [0.1, 0.15) is 3.70 Å². The Kier molecular flexibility index (Phi) is 3.37. The van der Waals surface area contributed by atoms with Crippen LogP contribution in [-0.4, -0.2) is 10.1 Å². The minimum Gasteiger partial charge on any atom is -0.398 e. The van der Waals surface area contributed by atoms with Crippen LogP contribution in [0, 0.1) is 3.70 Å². The van der Waals surface area contributed by atoms with E-state index in [9.17, 15) is 8.78 Å². The lowest BCUT2D eigenvalue weighted by Crippen LogP contribution is -2.05. The van der Waals surface area contributed by atoms with E-state index in [2.05, 4.69) is 4.98 Å². The van der Waals surface area contributed by atoms with Gasteiger partial charge in [0.05, 0.1) is 17.9 Å². The Balaban J connectivity index is 3.30. The number of hydrogen-bond donors (Lipinski definition) is 2. The second kappa shape index (κ2) is 4.14. The van der Waals surface area contributed by atoms with Crippen molar-refractivity contribution in [3.63, 3.8) is 0 Å². The molecule has 0 radical (unpaired) electrons. The first kappa shape index (κ1) is 10.6. The van der Waals surface area contributed by atoms with Crippen LogP contribution in [0.5, 0.6) is 0 Å². The second-order valence-electron chi connectivity index (χ2n) is 2.35. The number of nitrogens with zero attached hydrogens (tertiary/aromatic N) is 1. The Hall–Kier alpha value is -0.500. The fourth-order valence-electron chi connectivity index (χ4n) is 0.967. The monoisotopic (exact) mass is 300 g/mol. The zero-order valence-electron chi connectivity index (χ0n) is 6.47. The molecule has 1 aromatic heterocycles. The van der Waals surface area contributed by atoms with Gasteiger partial charge in [-0.1, -0.05) is 0 Å². The SMILES string of the molecule is Nc1cc(I)nc(CO)c1C(F)F. The Labute approximate surface area is 87.1 Å². The number of halogens is 3. The maximum Gasteiger partial charge on any atom is 0.267 e. The average Bonchev–Trinajstić information content (AvgIpc) is 2.01. The van der Waals surface area contributed by atoms with Gasteiger partial charge in [-0.15, -0.1) is 0 Å². The third kappa shape index (κ3) is 2.25. The van der Waals surface area contributed by atoms with Crippen LogP contribution in [0.3, 0.4) is 0 Å². The molecule has 0 spiro atoms. The lowest BCUT2D eigenvalue weighted by Gasteiger charge is -2.09. The van der Waals surface area contributed by atoms with Gasteiger partial charge in [0.25, 0.3) is 6.43 Å². The minimum atomic E-state index is -2.70. The van der Waals surface area contributed by atoms with Gasteiger partial charge in [-0.3, -0.25) is 0 Å². The lowest BCUT2D eigenvalue weighted by molar-refractivity contribution is 0.147. The van der Waals surface area contributed by atoms with Crippen molar-refractivity contribution >= 4 is 28.3 Å². The van der Waals surface area contributed by atoms with Gasteiger partial charge < -0.3 is 10.8 Å². The first-order chi connectivity index (χ1) is 6.06. The van der Waals surface area contributed by atoms with Gasteiger partial charge in [-0.25, -0.2) is 13.8 Å². The molecule has 1 rings (SSSR count). The van der Waals surface area contributed by atoms with Crippen molar-refractivity contribution in [2.24, 2.45) is 0 Å². The Morgan fingerprint density at radius 2 is 2.23 bits per heavy atom. The molecular formula is C7H7F2IN2O. The molecule has 0 saturated carbocycles. The zero-order chi connectivity index (χ0) is 10.0. The Bertz CT molecular complexity index is 320. The normalized spacial score (nSPS) is 10.8. The number of aliphatic hydroxyl groups is 1. The number of hydrogen-bond acceptors (Lipinski definition) is 3. The van der Waals surface area contributed by atoms with Gasteiger partial charge in [-0.05, 0) is 28.7 Å². The summed E-state index contributed by atoms with van der Waals surface area (Å²) in [6, 6.07) is 1.35. The zero-order valence-corrected chi connectivity index (χ0v) is 8.62. The van der Waals surface area contributed by atoms with Crippen LogP contribution in [0.25, 0.3) is 0 Å². The number of nitrogens with two attached hydrogens (primary N) is 1. The Morgan fingerprint density at radius 1 is 1.62 bits per heavy atom. The predicted octanol–water partition coefficient (Wildman–Crippen LogP) is 1.70. The third-order valence-corrected chi connectivity index (χ3v) is 2.06. The summed E-state index contributed by atoms with van der Waals surface area (Å²) in [5.74, 6) is 0. The van der Waals surface area contributed by atoms with Crippen molar-refractivity contribution < 1.29 is 13.9 Å². The van der Waals surface area contributed by atoms with Crippen LogP contribution in [-0.2, 0) is 6.61 Å². The molecule has 1 aromatic rings. The fourth-order valence-corrected chi connectivity index (χ4v) is 1.59. The Morgan fingerprint density at radius 3 is 2.69 bits per heavy atom. The molecule has 0 bridgehead atoms. The predicted molar refractivity (Wildman–Crippen MR) is 52.2 cm³/mol. The van der Waals surface area contributed by atoms with Crippen molar-refractivity contribution in [2.75, 3.05) is 5.73 Å². The molecule has 0 aromatic carbocycles. The first-order valence-electron chi connectivity index (χ1n) is 3.40. The molecule has 0 aliphatic heterocycles. The quantitative estimate of drug-likeness (QED) is 0.645. The molecule has 6 heteroatoms. The summed E-state index contributed by atoms with van der Waals surface area (Å²) in [5.41, 5.74) is 4.91. The molecule has 3 N–H and O–H groups in total. The van der Waals surface area contributed by atoms with E-state index in [0.29, 0.717) is 3.70 Å². The van der Waals surface area contributed by atoms with E-state index < -0.39 is 13.0 Å². The van der Waals surface area contributed by atoms with Crippen LogP contribution >= 0.6 is 22.6 Å². The van der Waals surface area contributed by atoms with Gasteiger partial charge in [0.15, 0.2) is 0 Å². The van der Waals surface area contributed by atoms with Gasteiger partial charge in [-0.2, -0.15) is 0 Å². The summed E-state index contributed by atoms with van der Waals surface area (Å²) < 4.78 is 25.2. The summed E-state index contributed by atoms with van der Waals surface area (Å²) in [4.78, 5) is 3.75. The first-order valence-corrected chi connectivity index (χ1v) is 4.48. The van der Waals surface area contributed by atoms with E-state index in [4.69, 9.17) is 10.8 Å². The van der Waals surface area contributed by atoms with Crippen molar-refractivity contribution in [2.45, 2.75) is 13.0 Å². The number of aromatic nitrogens is 1.